The van der Waals surface area contributed by atoms with Gasteiger partial charge in [0.2, 0.25) is 5.91 Å². The van der Waals surface area contributed by atoms with E-state index in [9.17, 15) is 18.0 Å². The van der Waals surface area contributed by atoms with Crippen molar-refractivity contribution in [1.82, 2.24) is 9.97 Å². The molecule has 25 heavy (non-hydrogen) atoms. The number of thioether (sulfide) groups is 1. The van der Waals surface area contributed by atoms with Crippen LogP contribution >= 0.6 is 23.4 Å². The molecular formula is C16H13ClF3N3OS. The molecule has 0 fully saturated rings. The number of amides is 1. The van der Waals surface area contributed by atoms with Gasteiger partial charge in [-0.25, -0.2) is 9.97 Å². The minimum absolute atomic E-state index is 0.0331. The van der Waals surface area contributed by atoms with Gasteiger partial charge in [-0.1, -0.05) is 29.4 Å². The molecule has 0 atom stereocenters. The van der Waals surface area contributed by atoms with Crippen molar-refractivity contribution >= 4 is 35.0 Å². The van der Waals surface area contributed by atoms with Crippen molar-refractivity contribution in [2.24, 2.45) is 0 Å². The zero-order chi connectivity index (χ0) is 18.0. The Kier molecular flexibility index (Phi) is 5.19. The molecule has 132 valence electrons. The van der Waals surface area contributed by atoms with E-state index < -0.39 is 11.9 Å². The molecule has 1 N–H and O–H groups in total. The van der Waals surface area contributed by atoms with E-state index >= 15 is 0 Å². The summed E-state index contributed by atoms with van der Waals surface area (Å²) >= 11 is 6.71. The number of hydrogen-bond acceptors (Lipinski definition) is 4. The fraction of sp³-hybridized carbons (Fsp3) is 0.312. The lowest BCUT2D eigenvalue weighted by Crippen LogP contribution is -2.16. The Hall–Kier alpha value is -1.80. The van der Waals surface area contributed by atoms with Crippen molar-refractivity contribution in [2.45, 2.75) is 30.6 Å². The van der Waals surface area contributed by atoms with Crippen molar-refractivity contribution in [3.63, 3.8) is 0 Å². The second-order valence-electron chi connectivity index (χ2n) is 5.48. The number of aromatic nitrogens is 2. The Morgan fingerprint density at radius 1 is 1.28 bits per heavy atom. The summed E-state index contributed by atoms with van der Waals surface area (Å²) in [6.45, 7) is 0. The average molecular weight is 388 g/mol. The lowest BCUT2D eigenvalue weighted by atomic mass is 10.2. The van der Waals surface area contributed by atoms with Crippen LogP contribution in [0.2, 0.25) is 5.02 Å². The molecule has 0 radical (unpaired) electrons. The third-order valence-electron chi connectivity index (χ3n) is 3.62. The predicted molar refractivity (Wildman–Crippen MR) is 89.9 cm³/mol. The van der Waals surface area contributed by atoms with Gasteiger partial charge < -0.3 is 5.32 Å². The summed E-state index contributed by atoms with van der Waals surface area (Å²) in [5.74, 6) is -0.465. The number of carbonyl (C=O) groups is 1. The zero-order valence-electron chi connectivity index (χ0n) is 12.9. The van der Waals surface area contributed by atoms with E-state index in [1.54, 1.807) is 24.3 Å². The molecule has 1 aliphatic rings. The second kappa shape index (κ2) is 7.21. The lowest BCUT2D eigenvalue weighted by Gasteiger charge is -2.12. The van der Waals surface area contributed by atoms with E-state index in [1.165, 1.54) is 0 Å². The van der Waals surface area contributed by atoms with Gasteiger partial charge in [0.05, 0.1) is 5.75 Å². The van der Waals surface area contributed by atoms with Crippen molar-refractivity contribution in [3.05, 3.63) is 46.2 Å². The number of carbonyl (C=O) groups excluding carboxylic acids is 1. The molecular weight excluding hydrogens is 375 g/mol. The number of benzene rings is 1. The molecule has 1 heterocycles. The fourth-order valence-electron chi connectivity index (χ4n) is 2.60. The molecule has 0 saturated heterocycles. The van der Waals surface area contributed by atoms with Crippen molar-refractivity contribution < 1.29 is 18.0 Å². The molecule has 9 heteroatoms. The molecule has 0 unspecified atom stereocenters. The number of hydrogen-bond donors (Lipinski definition) is 1. The van der Waals surface area contributed by atoms with E-state index in [4.69, 9.17) is 11.6 Å². The Morgan fingerprint density at radius 3 is 2.80 bits per heavy atom. The van der Waals surface area contributed by atoms with Gasteiger partial charge in [0, 0.05) is 22.0 Å². The van der Waals surface area contributed by atoms with Gasteiger partial charge in [0.15, 0.2) is 10.9 Å². The number of fused-ring (bicyclic) bond motifs is 1. The summed E-state index contributed by atoms with van der Waals surface area (Å²) in [6.07, 6.45) is -3.04. The van der Waals surface area contributed by atoms with Crippen LogP contribution < -0.4 is 5.32 Å². The Bertz CT molecular complexity index is 814. The van der Waals surface area contributed by atoms with Gasteiger partial charge in [-0.2, -0.15) is 13.2 Å². The summed E-state index contributed by atoms with van der Waals surface area (Å²) in [4.78, 5) is 19.8. The Balaban J connectivity index is 1.70. The summed E-state index contributed by atoms with van der Waals surface area (Å²) in [7, 11) is 0. The predicted octanol–water partition coefficient (Wildman–Crippen LogP) is 4.37. The van der Waals surface area contributed by atoms with E-state index in [-0.39, 0.29) is 22.4 Å². The summed E-state index contributed by atoms with van der Waals surface area (Å²) in [5, 5.41) is 3.07. The van der Waals surface area contributed by atoms with Crippen LogP contribution in [0.25, 0.3) is 0 Å². The summed E-state index contributed by atoms with van der Waals surface area (Å²) in [6, 6.07) is 6.60. The monoisotopic (exact) mass is 387 g/mol. The number of nitrogens with zero attached hydrogens (tertiary/aromatic N) is 2. The first-order valence-electron chi connectivity index (χ1n) is 7.48. The van der Waals surface area contributed by atoms with Crippen LogP contribution in [0, 0.1) is 0 Å². The maximum atomic E-state index is 13.2. The van der Waals surface area contributed by atoms with Gasteiger partial charge in [-0.3, -0.25) is 4.79 Å². The molecule has 0 aliphatic heterocycles. The van der Waals surface area contributed by atoms with Gasteiger partial charge in [-0.15, -0.1) is 0 Å². The SMILES string of the molecule is O=C(CSc1nc2c(c(C(F)(F)F)n1)CCC2)Nc1cccc(Cl)c1. The highest BCUT2D eigenvalue weighted by Gasteiger charge is 2.38. The van der Waals surface area contributed by atoms with Crippen molar-refractivity contribution in [1.29, 1.82) is 0 Å². The molecule has 1 aromatic heterocycles. The maximum absolute atomic E-state index is 13.2. The van der Waals surface area contributed by atoms with E-state index in [0.717, 1.165) is 11.8 Å². The van der Waals surface area contributed by atoms with E-state index in [2.05, 4.69) is 15.3 Å². The van der Waals surface area contributed by atoms with E-state index in [0.29, 0.717) is 35.7 Å². The molecule has 0 spiro atoms. The topological polar surface area (TPSA) is 54.9 Å². The standard InChI is InChI=1S/C16H13ClF3N3OS/c17-9-3-1-4-10(7-9)21-13(24)8-25-15-22-12-6-2-5-11(12)14(23-15)16(18,19)20/h1,3-4,7H,2,5-6,8H2,(H,21,24). The molecule has 4 nitrogen and oxygen atoms in total. The second-order valence-corrected chi connectivity index (χ2v) is 6.86. The van der Waals surface area contributed by atoms with Crippen LogP contribution in [0.5, 0.6) is 0 Å². The number of anilines is 1. The zero-order valence-corrected chi connectivity index (χ0v) is 14.4. The smallest absolute Gasteiger partial charge is 0.325 e. The first-order valence-corrected chi connectivity index (χ1v) is 8.84. The third-order valence-corrected chi connectivity index (χ3v) is 4.70. The quantitative estimate of drug-likeness (QED) is 0.625. The average Bonchev–Trinajstić information content (AvgIpc) is 2.99. The van der Waals surface area contributed by atoms with Crippen molar-refractivity contribution in [3.8, 4) is 0 Å². The van der Waals surface area contributed by atoms with Gasteiger partial charge in [-0.05, 0) is 37.5 Å². The van der Waals surface area contributed by atoms with Crippen LogP contribution in [-0.2, 0) is 23.8 Å². The molecule has 3 rings (SSSR count). The largest absolute Gasteiger partial charge is 0.433 e. The molecule has 0 saturated carbocycles. The minimum Gasteiger partial charge on any atom is -0.325 e. The van der Waals surface area contributed by atoms with Gasteiger partial charge in [0.1, 0.15) is 0 Å². The molecule has 1 aromatic carbocycles. The number of aryl methyl sites for hydroxylation is 1. The Labute approximate surface area is 151 Å². The number of halogens is 4. The van der Waals surface area contributed by atoms with Gasteiger partial charge >= 0.3 is 6.18 Å². The van der Waals surface area contributed by atoms with Crippen LogP contribution in [0.1, 0.15) is 23.4 Å². The maximum Gasteiger partial charge on any atom is 0.433 e. The van der Waals surface area contributed by atoms with Crippen LogP contribution in [0.3, 0.4) is 0 Å². The number of rotatable bonds is 4. The van der Waals surface area contributed by atoms with Crippen LogP contribution in [0.15, 0.2) is 29.4 Å². The first-order chi connectivity index (χ1) is 11.8. The number of alkyl halides is 3. The van der Waals surface area contributed by atoms with Crippen LogP contribution in [-0.4, -0.2) is 21.6 Å². The highest BCUT2D eigenvalue weighted by Crippen LogP contribution is 2.36. The van der Waals surface area contributed by atoms with E-state index in [1.807, 2.05) is 0 Å². The highest BCUT2D eigenvalue weighted by molar-refractivity contribution is 7.99. The first kappa shape index (κ1) is 18.0. The highest BCUT2D eigenvalue weighted by atomic mass is 35.5. The molecule has 1 aliphatic carbocycles. The Morgan fingerprint density at radius 2 is 2.08 bits per heavy atom. The number of nitrogens with one attached hydrogen (secondary N) is 1. The third kappa shape index (κ3) is 4.43. The molecule has 2 aromatic rings. The van der Waals surface area contributed by atoms with Crippen molar-refractivity contribution in [2.75, 3.05) is 11.1 Å². The molecule has 1 amide bonds. The fourth-order valence-corrected chi connectivity index (χ4v) is 3.46. The minimum atomic E-state index is -4.52. The lowest BCUT2D eigenvalue weighted by molar-refractivity contribution is -0.142. The molecule has 0 bridgehead atoms. The summed E-state index contributed by atoms with van der Waals surface area (Å²) < 4.78 is 39.5. The van der Waals surface area contributed by atoms with Gasteiger partial charge in [0.25, 0.3) is 0 Å². The van der Waals surface area contributed by atoms with Crippen LogP contribution in [0.4, 0.5) is 18.9 Å². The summed E-state index contributed by atoms with van der Waals surface area (Å²) in [5.41, 5.74) is 0.247. The normalized spacial score (nSPS) is 13.6.